The molecular weight excluding hydrogens is 394 g/mol. The fourth-order valence-electron chi connectivity index (χ4n) is 3.20. The van der Waals surface area contributed by atoms with E-state index >= 15 is 0 Å². The molecule has 0 aliphatic rings. The minimum absolute atomic E-state index is 0.0241. The first-order valence-electron chi connectivity index (χ1n) is 8.86. The van der Waals surface area contributed by atoms with Gasteiger partial charge in [-0.1, -0.05) is 24.3 Å². The number of hydrogen-bond donors (Lipinski definition) is 2. The fraction of sp³-hybridized carbons (Fsp3) is 0.211. The molecule has 9 nitrogen and oxygen atoms in total. The Balaban J connectivity index is 1.95. The van der Waals surface area contributed by atoms with Crippen LogP contribution < -0.4 is 9.46 Å². The summed E-state index contributed by atoms with van der Waals surface area (Å²) in [6.07, 6.45) is 0. The number of aliphatic hydroxyl groups is 1. The first kappa shape index (κ1) is 19.2. The van der Waals surface area contributed by atoms with Gasteiger partial charge in [0.2, 0.25) is 10.0 Å². The fourth-order valence-corrected chi connectivity index (χ4v) is 4.25. The van der Waals surface area contributed by atoms with E-state index in [1.54, 1.807) is 10.6 Å². The van der Waals surface area contributed by atoms with Crippen molar-refractivity contribution in [3.63, 3.8) is 0 Å². The second kappa shape index (κ2) is 7.39. The lowest BCUT2D eigenvalue weighted by molar-refractivity contribution is 0.301. The zero-order chi connectivity index (χ0) is 20.6. The zero-order valence-corrected chi connectivity index (χ0v) is 16.6. The molecule has 0 bridgehead atoms. The Morgan fingerprint density at radius 3 is 2.62 bits per heavy atom. The van der Waals surface area contributed by atoms with Crippen LogP contribution in [0.5, 0.6) is 5.75 Å². The van der Waals surface area contributed by atoms with Gasteiger partial charge in [0.15, 0.2) is 11.5 Å². The van der Waals surface area contributed by atoms with Gasteiger partial charge < -0.3 is 9.84 Å². The quantitative estimate of drug-likeness (QED) is 0.492. The molecule has 2 N–H and O–H groups in total. The standard InChI is InChI=1S/C19H19N5O4S/c1-12-14-5-3-4-6-15(14)18-21-22-19(24(18)23-12)16-11-13(7-8-17(16)28-2)29(26,27)20-9-10-25/h3-8,11,20,25H,9-10H2,1-2H3. The van der Waals surface area contributed by atoms with Crippen LogP contribution in [-0.2, 0) is 10.0 Å². The van der Waals surface area contributed by atoms with E-state index in [1.807, 2.05) is 31.2 Å². The number of aryl methyl sites for hydroxylation is 1. The Bertz CT molecular complexity index is 1320. The highest BCUT2D eigenvalue weighted by atomic mass is 32.2. The summed E-state index contributed by atoms with van der Waals surface area (Å²) in [6.45, 7) is 1.51. The number of methoxy groups -OCH3 is 1. The van der Waals surface area contributed by atoms with E-state index in [1.165, 1.54) is 19.2 Å². The average Bonchev–Trinajstić information content (AvgIpc) is 3.15. The van der Waals surface area contributed by atoms with Crippen molar-refractivity contribution in [1.82, 2.24) is 24.5 Å². The summed E-state index contributed by atoms with van der Waals surface area (Å²) in [6, 6.07) is 12.2. The second-order valence-electron chi connectivity index (χ2n) is 6.37. The van der Waals surface area contributed by atoms with Crippen molar-refractivity contribution in [2.75, 3.05) is 20.3 Å². The highest BCUT2D eigenvalue weighted by molar-refractivity contribution is 7.89. The number of ether oxygens (including phenoxy) is 1. The van der Waals surface area contributed by atoms with Gasteiger partial charge in [-0.2, -0.15) is 9.61 Å². The molecule has 0 aliphatic carbocycles. The van der Waals surface area contributed by atoms with E-state index in [-0.39, 0.29) is 18.0 Å². The van der Waals surface area contributed by atoms with Gasteiger partial charge in [-0.3, -0.25) is 0 Å². The van der Waals surface area contributed by atoms with Crippen LogP contribution in [0.3, 0.4) is 0 Å². The van der Waals surface area contributed by atoms with Crippen LogP contribution in [0, 0.1) is 6.92 Å². The van der Waals surface area contributed by atoms with Crippen molar-refractivity contribution in [1.29, 1.82) is 0 Å². The molecule has 0 amide bonds. The summed E-state index contributed by atoms with van der Waals surface area (Å²) in [4.78, 5) is 0.0241. The molecule has 4 rings (SSSR count). The van der Waals surface area contributed by atoms with Gasteiger partial charge >= 0.3 is 0 Å². The summed E-state index contributed by atoms with van der Waals surface area (Å²) in [5.74, 6) is 0.804. The number of fused-ring (bicyclic) bond motifs is 3. The molecular formula is C19H19N5O4S. The normalized spacial score (nSPS) is 12.0. The molecule has 0 atom stereocenters. The van der Waals surface area contributed by atoms with Gasteiger partial charge in [0.05, 0.1) is 29.9 Å². The molecule has 4 aromatic rings. The molecule has 2 aromatic carbocycles. The van der Waals surface area contributed by atoms with Gasteiger partial charge in [0.25, 0.3) is 0 Å². The van der Waals surface area contributed by atoms with Gasteiger partial charge in [0.1, 0.15) is 5.75 Å². The van der Waals surface area contributed by atoms with Crippen molar-refractivity contribution in [3.05, 3.63) is 48.2 Å². The molecule has 0 saturated heterocycles. The molecule has 0 unspecified atom stereocenters. The number of aromatic nitrogens is 4. The van der Waals surface area contributed by atoms with Crippen LogP contribution in [0.4, 0.5) is 0 Å². The predicted octanol–water partition coefficient (Wildman–Crippen LogP) is 1.53. The van der Waals surface area contributed by atoms with E-state index in [0.29, 0.717) is 22.8 Å². The van der Waals surface area contributed by atoms with Crippen molar-refractivity contribution in [3.8, 4) is 17.1 Å². The van der Waals surface area contributed by atoms with Gasteiger partial charge in [-0.15, -0.1) is 10.2 Å². The maximum absolute atomic E-state index is 12.5. The van der Waals surface area contributed by atoms with Crippen LogP contribution in [0.25, 0.3) is 27.8 Å². The van der Waals surface area contributed by atoms with Crippen molar-refractivity contribution in [2.45, 2.75) is 11.8 Å². The van der Waals surface area contributed by atoms with Gasteiger partial charge in [-0.25, -0.2) is 13.1 Å². The van der Waals surface area contributed by atoms with E-state index in [4.69, 9.17) is 9.84 Å². The second-order valence-corrected chi connectivity index (χ2v) is 8.14. The Kier molecular flexibility index (Phi) is 4.91. The maximum atomic E-state index is 12.5. The number of aliphatic hydroxyl groups excluding tert-OH is 1. The Morgan fingerprint density at radius 1 is 1.14 bits per heavy atom. The van der Waals surface area contributed by atoms with E-state index < -0.39 is 10.0 Å². The first-order chi connectivity index (χ1) is 14.0. The average molecular weight is 413 g/mol. The molecule has 2 heterocycles. The Hall–Kier alpha value is -3.08. The summed E-state index contributed by atoms with van der Waals surface area (Å²) in [5, 5.41) is 23.9. The smallest absolute Gasteiger partial charge is 0.240 e. The van der Waals surface area contributed by atoms with Gasteiger partial charge in [0, 0.05) is 17.3 Å². The Labute approximate surface area is 167 Å². The van der Waals surface area contributed by atoms with Crippen LogP contribution in [-0.4, -0.2) is 53.6 Å². The van der Waals surface area contributed by atoms with Gasteiger partial charge in [-0.05, 0) is 25.1 Å². The molecule has 0 fully saturated rings. The third-order valence-electron chi connectivity index (χ3n) is 4.57. The SMILES string of the molecule is COc1ccc(S(=O)(=O)NCCO)cc1-c1nnc2c3ccccc3c(C)nn12. The van der Waals surface area contributed by atoms with Crippen LogP contribution in [0.1, 0.15) is 5.69 Å². The molecule has 2 aromatic heterocycles. The van der Waals surface area contributed by atoms with Crippen molar-refractivity contribution >= 4 is 26.4 Å². The molecule has 150 valence electrons. The van der Waals surface area contributed by atoms with Crippen LogP contribution >= 0.6 is 0 Å². The third-order valence-corrected chi connectivity index (χ3v) is 6.03. The molecule has 29 heavy (non-hydrogen) atoms. The van der Waals surface area contributed by atoms with Crippen molar-refractivity contribution < 1.29 is 18.3 Å². The monoisotopic (exact) mass is 413 g/mol. The number of nitrogens with zero attached hydrogens (tertiary/aromatic N) is 4. The summed E-state index contributed by atoms with van der Waals surface area (Å²) in [5.41, 5.74) is 1.80. The lowest BCUT2D eigenvalue weighted by atomic mass is 10.1. The topological polar surface area (TPSA) is 119 Å². The number of hydrogen-bond acceptors (Lipinski definition) is 7. The van der Waals surface area contributed by atoms with E-state index in [9.17, 15) is 8.42 Å². The Morgan fingerprint density at radius 2 is 1.90 bits per heavy atom. The minimum atomic E-state index is -3.80. The maximum Gasteiger partial charge on any atom is 0.240 e. The molecule has 0 spiro atoms. The molecule has 0 radical (unpaired) electrons. The predicted molar refractivity (Wildman–Crippen MR) is 107 cm³/mol. The number of rotatable bonds is 6. The summed E-state index contributed by atoms with van der Waals surface area (Å²) >= 11 is 0. The van der Waals surface area contributed by atoms with Crippen LogP contribution in [0.15, 0.2) is 47.4 Å². The number of sulfonamides is 1. The highest BCUT2D eigenvalue weighted by Crippen LogP contribution is 2.32. The number of nitrogens with one attached hydrogen (secondary N) is 1. The molecule has 0 saturated carbocycles. The lowest BCUT2D eigenvalue weighted by Gasteiger charge is -2.11. The summed E-state index contributed by atoms with van der Waals surface area (Å²) in [7, 11) is -2.31. The largest absolute Gasteiger partial charge is 0.496 e. The zero-order valence-electron chi connectivity index (χ0n) is 15.8. The number of benzene rings is 2. The summed E-state index contributed by atoms with van der Waals surface area (Å²) < 4.78 is 34.3. The van der Waals surface area contributed by atoms with Crippen molar-refractivity contribution in [2.24, 2.45) is 0 Å². The molecule has 10 heteroatoms. The lowest BCUT2D eigenvalue weighted by Crippen LogP contribution is -2.26. The molecule has 0 aliphatic heterocycles. The first-order valence-corrected chi connectivity index (χ1v) is 10.3. The third kappa shape index (κ3) is 3.31. The minimum Gasteiger partial charge on any atom is -0.496 e. The highest BCUT2D eigenvalue weighted by Gasteiger charge is 2.21. The van der Waals surface area contributed by atoms with E-state index in [2.05, 4.69) is 20.0 Å². The van der Waals surface area contributed by atoms with E-state index in [0.717, 1.165) is 16.5 Å². The van der Waals surface area contributed by atoms with Crippen LogP contribution in [0.2, 0.25) is 0 Å².